The summed E-state index contributed by atoms with van der Waals surface area (Å²) < 4.78 is 28.6. The molecule has 1 aromatic rings. The van der Waals surface area contributed by atoms with Gasteiger partial charge in [0.25, 0.3) is 0 Å². The summed E-state index contributed by atoms with van der Waals surface area (Å²) in [6.07, 6.45) is 4.60. The van der Waals surface area contributed by atoms with E-state index in [1.54, 1.807) is 6.92 Å². The van der Waals surface area contributed by atoms with Gasteiger partial charge in [-0.1, -0.05) is 6.42 Å². The van der Waals surface area contributed by atoms with Crippen molar-refractivity contribution in [2.24, 2.45) is 5.92 Å². The van der Waals surface area contributed by atoms with E-state index in [0.717, 1.165) is 19.3 Å². The average molecular weight is 300 g/mol. The molecule has 0 amide bonds. The second-order valence-corrected chi connectivity index (χ2v) is 6.97. The van der Waals surface area contributed by atoms with Crippen LogP contribution >= 0.6 is 0 Å². The first kappa shape index (κ1) is 15.1. The molecule has 1 aliphatic carbocycles. The van der Waals surface area contributed by atoms with Crippen LogP contribution in [-0.4, -0.2) is 30.1 Å². The fourth-order valence-electron chi connectivity index (χ4n) is 2.42. The van der Waals surface area contributed by atoms with Crippen molar-refractivity contribution in [2.45, 2.75) is 50.6 Å². The Balaban J connectivity index is 2.22. The van der Waals surface area contributed by atoms with Crippen molar-refractivity contribution in [1.29, 1.82) is 0 Å². The van der Waals surface area contributed by atoms with Crippen molar-refractivity contribution in [3.8, 4) is 0 Å². The third kappa shape index (κ3) is 2.88. The topological polar surface area (TPSA) is 88.4 Å². The maximum atomic E-state index is 12.3. The minimum atomic E-state index is -3.66. The zero-order valence-corrected chi connectivity index (χ0v) is 12.5. The summed E-state index contributed by atoms with van der Waals surface area (Å²) in [7, 11) is -3.66. The second-order valence-electron chi connectivity index (χ2n) is 5.25. The predicted molar refractivity (Wildman–Crippen MR) is 74.2 cm³/mol. The zero-order valence-electron chi connectivity index (χ0n) is 11.7. The van der Waals surface area contributed by atoms with E-state index in [4.69, 9.17) is 5.11 Å². The molecule has 2 N–H and O–H groups in total. The Kier molecular flexibility index (Phi) is 4.19. The number of aryl methyl sites for hydroxylation is 1. The Bertz CT molecular complexity index is 602. The normalized spacial score (nSPS) is 17.7. The van der Waals surface area contributed by atoms with Gasteiger partial charge in [0.2, 0.25) is 10.0 Å². The van der Waals surface area contributed by atoms with Crippen LogP contribution < -0.4 is 4.72 Å². The Morgan fingerprint density at radius 1 is 1.55 bits per heavy atom. The third-order valence-electron chi connectivity index (χ3n) is 3.94. The first-order valence-corrected chi connectivity index (χ1v) is 8.29. The molecule has 0 aromatic carbocycles. The summed E-state index contributed by atoms with van der Waals surface area (Å²) in [5.74, 6) is -0.739. The number of rotatable bonds is 6. The summed E-state index contributed by atoms with van der Waals surface area (Å²) in [4.78, 5) is 11.1. The Morgan fingerprint density at radius 3 is 2.60 bits per heavy atom. The second kappa shape index (κ2) is 5.57. The van der Waals surface area contributed by atoms with Gasteiger partial charge in [-0.05, 0) is 38.7 Å². The van der Waals surface area contributed by atoms with Gasteiger partial charge in [0.1, 0.15) is 10.6 Å². The van der Waals surface area contributed by atoms with E-state index in [-0.39, 0.29) is 16.6 Å². The average Bonchev–Trinajstić information content (AvgIpc) is 2.70. The van der Waals surface area contributed by atoms with E-state index < -0.39 is 16.0 Å². The van der Waals surface area contributed by atoms with Gasteiger partial charge in [0.15, 0.2) is 0 Å². The number of sulfonamides is 1. The maximum Gasteiger partial charge on any atom is 0.352 e. The highest BCUT2D eigenvalue weighted by Gasteiger charge is 2.29. The van der Waals surface area contributed by atoms with E-state index >= 15 is 0 Å². The molecule has 0 spiro atoms. The Hall–Kier alpha value is -1.34. The predicted octanol–water partition coefficient (Wildman–Crippen LogP) is 1.67. The van der Waals surface area contributed by atoms with Crippen LogP contribution in [0.4, 0.5) is 0 Å². The molecule has 0 bridgehead atoms. The van der Waals surface area contributed by atoms with Crippen LogP contribution in [0.5, 0.6) is 0 Å². The Morgan fingerprint density at radius 2 is 2.20 bits per heavy atom. The van der Waals surface area contributed by atoms with Crippen molar-refractivity contribution in [1.82, 2.24) is 9.29 Å². The van der Waals surface area contributed by atoms with Crippen LogP contribution in [0.3, 0.4) is 0 Å². The van der Waals surface area contributed by atoms with Gasteiger partial charge < -0.3 is 9.67 Å². The molecule has 1 aromatic heterocycles. The number of aromatic carboxylic acids is 1. The molecule has 1 heterocycles. The number of carboxylic acid groups (broad SMARTS) is 1. The fraction of sp³-hybridized carbons (Fsp3) is 0.615. The summed E-state index contributed by atoms with van der Waals surface area (Å²) >= 11 is 0. The highest BCUT2D eigenvalue weighted by Crippen LogP contribution is 2.30. The lowest BCUT2D eigenvalue weighted by Crippen LogP contribution is -2.40. The number of nitrogens with zero attached hydrogens (tertiary/aromatic N) is 1. The number of nitrogens with one attached hydrogen (secondary N) is 1. The molecule has 1 unspecified atom stereocenters. The molecule has 1 fully saturated rings. The molecule has 7 heteroatoms. The SMILES string of the molecule is CCn1cc(S(=O)(=O)NC(C)C2CCC2)cc1C(=O)O. The number of hydrogen-bond donors (Lipinski definition) is 2. The highest BCUT2D eigenvalue weighted by molar-refractivity contribution is 7.89. The summed E-state index contributed by atoms with van der Waals surface area (Å²) in [6, 6.07) is 1.09. The zero-order chi connectivity index (χ0) is 14.9. The van der Waals surface area contributed by atoms with Gasteiger partial charge in [-0.2, -0.15) is 0 Å². The number of carbonyl (C=O) groups is 1. The van der Waals surface area contributed by atoms with Gasteiger partial charge in [-0.3, -0.25) is 0 Å². The largest absolute Gasteiger partial charge is 0.477 e. The van der Waals surface area contributed by atoms with Crippen LogP contribution in [0.15, 0.2) is 17.2 Å². The first-order chi connectivity index (χ1) is 9.35. The minimum absolute atomic E-state index is 0.0100. The highest BCUT2D eigenvalue weighted by atomic mass is 32.2. The van der Waals surface area contributed by atoms with E-state index in [9.17, 15) is 13.2 Å². The third-order valence-corrected chi connectivity index (χ3v) is 5.47. The van der Waals surface area contributed by atoms with Crippen molar-refractivity contribution in [3.63, 3.8) is 0 Å². The molecule has 0 saturated heterocycles. The molecular weight excluding hydrogens is 280 g/mol. The van der Waals surface area contributed by atoms with Crippen molar-refractivity contribution in [3.05, 3.63) is 18.0 Å². The van der Waals surface area contributed by atoms with Crippen molar-refractivity contribution in [2.75, 3.05) is 0 Å². The van der Waals surface area contributed by atoms with Crippen LogP contribution in [0.25, 0.3) is 0 Å². The maximum absolute atomic E-state index is 12.3. The summed E-state index contributed by atoms with van der Waals surface area (Å²) in [5.41, 5.74) is -0.0100. The van der Waals surface area contributed by atoms with Crippen LogP contribution in [-0.2, 0) is 16.6 Å². The van der Waals surface area contributed by atoms with Crippen LogP contribution in [0.1, 0.15) is 43.6 Å². The van der Waals surface area contributed by atoms with E-state index in [0.29, 0.717) is 12.5 Å². The van der Waals surface area contributed by atoms with E-state index in [2.05, 4.69) is 4.72 Å². The molecular formula is C13H20N2O4S. The monoisotopic (exact) mass is 300 g/mol. The Labute approximate surface area is 118 Å². The summed E-state index contributed by atoms with van der Waals surface area (Å²) in [5, 5.41) is 9.06. The molecule has 0 aliphatic heterocycles. The molecule has 1 aliphatic rings. The van der Waals surface area contributed by atoms with E-state index in [1.807, 2.05) is 6.92 Å². The lowest BCUT2D eigenvalue weighted by molar-refractivity contribution is 0.0685. The van der Waals surface area contributed by atoms with Crippen LogP contribution in [0.2, 0.25) is 0 Å². The van der Waals surface area contributed by atoms with Crippen LogP contribution in [0, 0.1) is 5.92 Å². The molecule has 112 valence electrons. The smallest absolute Gasteiger partial charge is 0.352 e. The van der Waals surface area contributed by atoms with Gasteiger partial charge in [0.05, 0.1) is 0 Å². The van der Waals surface area contributed by atoms with Gasteiger partial charge >= 0.3 is 5.97 Å². The van der Waals surface area contributed by atoms with Crippen molar-refractivity contribution >= 4 is 16.0 Å². The first-order valence-electron chi connectivity index (χ1n) is 6.81. The van der Waals surface area contributed by atoms with E-state index in [1.165, 1.54) is 16.8 Å². The fourth-order valence-corrected chi connectivity index (χ4v) is 3.77. The van der Waals surface area contributed by atoms with Crippen molar-refractivity contribution < 1.29 is 18.3 Å². The molecule has 2 rings (SSSR count). The van der Waals surface area contributed by atoms with Gasteiger partial charge in [0, 0.05) is 18.8 Å². The minimum Gasteiger partial charge on any atom is -0.477 e. The quantitative estimate of drug-likeness (QED) is 0.836. The summed E-state index contributed by atoms with van der Waals surface area (Å²) in [6.45, 7) is 4.04. The van der Waals surface area contributed by atoms with Gasteiger partial charge in [-0.15, -0.1) is 0 Å². The molecule has 6 nitrogen and oxygen atoms in total. The molecule has 0 radical (unpaired) electrons. The number of hydrogen-bond acceptors (Lipinski definition) is 3. The van der Waals surface area contributed by atoms with Gasteiger partial charge in [-0.25, -0.2) is 17.9 Å². The standard InChI is InChI=1S/C13H20N2O4S/c1-3-15-8-11(7-12(15)13(16)17)20(18,19)14-9(2)10-5-4-6-10/h7-10,14H,3-6H2,1-2H3,(H,16,17). The lowest BCUT2D eigenvalue weighted by Gasteiger charge is -2.31. The number of carboxylic acids is 1. The lowest BCUT2D eigenvalue weighted by atomic mass is 9.81. The number of aromatic nitrogens is 1. The molecule has 20 heavy (non-hydrogen) atoms. The molecule has 1 saturated carbocycles. The molecule has 1 atom stereocenters.